The molecule has 0 radical (unpaired) electrons. The maximum Gasteiger partial charge on any atom is 0.221 e. The number of anilines is 1. The van der Waals surface area contributed by atoms with Crippen LogP contribution in [0.2, 0.25) is 0 Å². The second kappa shape index (κ2) is 5.82. The number of hydrogen-bond donors (Lipinski definition) is 3. The zero-order chi connectivity index (χ0) is 13.0. The van der Waals surface area contributed by atoms with E-state index in [4.69, 9.17) is 5.11 Å². The predicted molar refractivity (Wildman–Crippen MR) is 73.7 cm³/mol. The van der Waals surface area contributed by atoms with E-state index < -0.39 is 0 Å². The third kappa shape index (κ3) is 3.54. The van der Waals surface area contributed by atoms with Gasteiger partial charge in [-0.2, -0.15) is 0 Å². The fraction of sp³-hybridized carbons (Fsp3) is 0.615. The lowest BCUT2D eigenvalue weighted by atomic mass is 10.0. The van der Waals surface area contributed by atoms with E-state index in [9.17, 15) is 4.79 Å². The summed E-state index contributed by atoms with van der Waals surface area (Å²) in [7, 11) is 0. The normalized spacial score (nSPS) is 16.6. The zero-order valence-electron chi connectivity index (χ0n) is 10.7. The van der Waals surface area contributed by atoms with Crippen LogP contribution in [0.3, 0.4) is 0 Å². The molecule has 2 rings (SSSR count). The van der Waals surface area contributed by atoms with Crippen molar-refractivity contribution >= 4 is 22.9 Å². The number of aliphatic hydroxyl groups excluding tert-OH is 1. The second-order valence-corrected chi connectivity index (χ2v) is 6.02. The Morgan fingerprint density at radius 1 is 1.56 bits per heavy atom. The smallest absolute Gasteiger partial charge is 0.221 e. The summed E-state index contributed by atoms with van der Waals surface area (Å²) < 4.78 is 0. The summed E-state index contributed by atoms with van der Waals surface area (Å²) in [5, 5.41) is 17.3. The number of rotatable bonds is 7. The first-order valence-corrected chi connectivity index (χ1v) is 7.19. The number of hydrogen-bond acceptors (Lipinski definition) is 4. The first-order valence-electron chi connectivity index (χ1n) is 6.31. The van der Waals surface area contributed by atoms with Crippen LogP contribution in [-0.2, 0) is 11.3 Å². The van der Waals surface area contributed by atoms with Gasteiger partial charge in [0, 0.05) is 31.5 Å². The molecular formula is C13H20N2O2S. The van der Waals surface area contributed by atoms with E-state index in [0.29, 0.717) is 5.41 Å². The molecule has 1 saturated carbocycles. The van der Waals surface area contributed by atoms with Gasteiger partial charge >= 0.3 is 0 Å². The molecule has 1 heterocycles. The Balaban J connectivity index is 1.80. The van der Waals surface area contributed by atoms with E-state index >= 15 is 0 Å². The van der Waals surface area contributed by atoms with E-state index in [1.807, 2.05) is 11.4 Å². The molecular weight excluding hydrogens is 248 g/mol. The number of thiophene rings is 1. The molecule has 4 nitrogen and oxygen atoms in total. The van der Waals surface area contributed by atoms with Crippen molar-refractivity contribution in [2.75, 3.05) is 18.5 Å². The van der Waals surface area contributed by atoms with Crippen LogP contribution in [0, 0.1) is 5.41 Å². The molecule has 18 heavy (non-hydrogen) atoms. The van der Waals surface area contributed by atoms with E-state index in [0.717, 1.165) is 30.1 Å². The van der Waals surface area contributed by atoms with E-state index in [2.05, 4.69) is 10.6 Å². The van der Waals surface area contributed by atoms with Crippen LogP contribution < -0.4 is 10.6 Å². The minimum absolute atomic E-state index is 0.0337. The van der Waals surface area contributed by atoms with E-state index in [1.54, 1.807) is 11.3 Å². The number of aliphatic hydroxyl groups is 1. The molecule has 0 saturated heterocycles. The fourth-order valence-corrected chi connectivity index (χ4v) is 2.95. The summed E-state index contributed by atoms with van der Waals surface area (Å²) in [6.07, 6.45) is 3.32. The zero-order valence-corrected chi connectivity index (χ0v) is 11.5. The highest BCUT2D eigenvalue weighted by Gasteiger charge is 2.41. The Morgan fingerprint density at radius 2 is 2.33 bits per heavy atom. The average molecular weight is 268 g/mol. The van der Waals surface area contributed by atoms with Gasteiger partial charge in [-0.15, -0.1) is 11.3 Å². The molecule has 0 spiro atoms. The Labute approximate surface area is 111 Å². The highest BCUT2D eigenvalue weighted by Crippen LogP contribution is 2.47. The van der Waals surface area contributed by atoms with Gasteiger partial charge in [-0.05, 0) is 36.1 Å². The predicted octanol–water partition coefficient (Wildman–Crippen LogP) is 1.96. The average Bonchev–Trinajstić information content (AvgIpc) is 2.93. The van der Waals surface area contributed by atoms with Crippen LogP contribution >= 0.6 is 11.3 Å². The van der Waals surface area contributed by atoms with Gasteiger partial charge in [0.15, 0.2) is 0 Å². The summed E-state index contributed by atoms with van der Waals surface area (Å²) in [5.74, 6) is -0.0337. The molecule has 0 atom stereocenters. The minimum atomic E-state index is -0.0337. The van der Waals surface area contributed by atoms with Gasteiger partial charge in [0.25, 0.3) is 0 Å². The van der Waals surface area contributed by atoms with Crippen LogP contribution in [0.25, 0.3) is 0 Å². The number of amides is 1. The molecule has 100 valence electrons. The van der Waals surface area contributed by atoms with Gasteiger partial charge in [-0.25, -0.2) is 0 Å². The highest BCUT2D eigenvalue weighted by atomic mass is 32.1. The Bertz CT molecular complexity index is 413. The first-order chi connectivity index (χ1) is 8.65. The molecule has 5 heteroatoms. The van der Waals surface area contributed by atoms with Crippen molar-refractivity contribution in [3.05, 3.63) is 16.3 Å². The van der Waals surface area contributed by atoms with Gasteiger partial charge < -0.3 is 15.7 Å². The quantitative estimate of drug-likeness (QED) is 0.708. The maximum absolute atomic E-state index is 11.0. The van der Waals surface area contributed by atoms with Crippen molar-refractivity contribution in [1.29, 1.82) is 0 Å². The molecule has 0 aliphatic heterocycles. The molecule has 1 amide bonds. The third-order valence-corrected chi connectivity index (χ3v) is 4.36. The van der Waals surface area contributed by atoms with Crippen LogP contribution in [0.5, 0.6) is 0 Å². The van der Waals surface area contributed by atoms with Crippen molar-refractivity contribution in [2.24, 2.45) is 5.41 Å². The molecule has 0 unspecified atom stereocenters. The summed E-state index contributed by atoms with van der Waals surface area (Å²) in [6.45, 7) is 3.53. The highest BCUT2D eigenvalue weighted by molar-refractivity contribution is 7.10. The van der Waals surface area contributed by atoms with Gasteiger partial charge in [-0.3, -0.25) is 4.79 Å². The van der Waals surface area contributed by atoms with Crippen molar-refractivity contribution < 1.29 is 9.90 Å². The second-order valence-electron chi connectivity index (χ2n) is 5.02. The standard InChI is InChI=1S/C13H20N2O2S/c1-10(17)15-11-2-7-18-12(11)8-14-9-13(3-4-13)5-6-16/h2,7,14,16H,3-6,8-9H2,1H3,(H,15,17). The fourth-order valence-electron chi connectivity index (χ4n) is 2.15. The summed E-state index contributed by atoms with van der Waals surface area (Å²) in [6, 6.07) is 1.93. The largest absolute Gasteiger partial charge is 0.396 e. The number of nitrogens with one attached hydrogen (secondary N) is 2. The summed E-state index contributed by atoms with van der Waals surface area (Å²) >= 11 is 1.65. The maximum atomic E-state index is 11.0. The molecule has 1 fully saturated rings. The Kier molecular flexibility index (Phi) is 4.37. The van der Waals surface area contributed by atoms with Crippen molar-refractivity contribution in [3.8, 4) is 0 Å². The number of carbonyl (C=O) groups excluding carboxylic acids is 1. The van der Waals surface area contributed by atoms with Crippen molar-refractivity contribution in [2.45, 2.75) is 32.7 Å². The minimum Gasteiger partial charge on any atom is -0.396 e. The molecule has 3 N–H and O–H groups in total. The van der Waals surface area contributed by atoms with E-state index in [-0.39, 0.29) is 12.5 Å². The summed E-state index contributed by atoms with van der Waals surface area (Å²) in [4.78, 5) is 12.2. The van der Waals surface area contributed by atoms with Crippen LogP contribution in [-0.4, -0.2) is 24.2 Å². The lowest BCUT2D eigenvalue weighted by Crippen LogP contribution is -2.24. The lowest BCUT2D eigenvalue weighted by molar-refractivity contribution is -0.114. The van der Waals surface area contributed by atoms with Crippen LogP contribution in [0.15, 0.2) is 11.4 Å². The molecule has 1 aliphatic rings. The van der Waals surface area contributed by atoms with Gasteiger partial charge in [-0.1, -0.05) is 0 Å². The Morgan fingerprint density at radius 3 is 2.94 bits per heavy atom. The molecule has 1 aromatic heterocycles. The van der Waals surface area contributed by atoms with Gasteiger partial charge in [0.1, 0.15) is 0 Å². The molecule has 1 aromatic rings. The lowest BCUT2D eigenvalue weighted by Gasteiger charge is -2.14. The molecule has 1 aliphatic carbocycles. The first kappa shape index (κ1) is 13.5. The topological polar surface area (TPSA) is 61.4 Å². The van der Waals surface area contributed by atoms with Gasteiger partial charge in [0.2, 0.25) is 5.91 Å². The van der Waals surface area contributed by atoms with Crippen LogP contribution in [0.4, 0.5) is 5.69 Å². The molecule has 0 bridgehead atoms. The SMILES string of the molecule is CC(=O)Nc1ccsc1CNCC1(CCO)CC1. The third-order valence-electron chi connectivity index (χ3n) is 3.44. The van der Waals surface area contributed by atoms with Crippen LogP contribution in [0.1, 0.15) is 31.1 Å². The summed E-state index contributed by atoms with van der Waals surface area (Å²) in [5.41, 5.74) is 1.24. The monoisotopic (exact) mass is 268 g/mol. The van der Waals surface area contributed by atoms with E-state index in [1.165, 1.54) is 19.8 Å². The van der Waals surface area contributed by atoms with Crippen molar-refractivity contribution in [1.82, 2.24) is 5.32 Å². The van der Waals surface area contributed by atoms with Gasteiger partial charge in [0.05, 0.1) is 5.69 Å². The molecule has 0 aromatic carbocycles. The Hall–Kier alpha value is -0.910. The van der Waals surface area contributed by atoms with Crippen molar-refractivity contribution in [3.63, 3.8) is 0 Å². The number of carbonyl (C=O) groups is 1.